The second kappa shape index (κ2) is 15.9. The van der Waals surface area contributed by atoms with Crippen molar-refractivity contribution in [3.63, 3.8) is 0 Å². The number of fused-ring (bicyclic) bond motifs is 15. The summed E-state index contributed by atoms with van der Waals surface area (Å²) >= 11 is 0. The minimum atomic E-state index is 0.528. The number of furan rings is 1. The molecule has 0 aliphatic carbocycles. The van der Waals surface area contributed by atoms with Crippen molar-refractivity contribution in [2.24, 2.45) is 0 Å². The molecule has 0 bridgehead atoms. The maximum Gasteiger partial charge on any atom is 0.138 e. The molecule has 0 saturated carbocycles. The van der Waals surface area contributed by atoms with Crippen LogP contribution in [0.4, 0.5) is 0 Å². The van der Waals surface area contributed by atoms with E-state index in [9.17, 15) is 5.26 Å². The number of hydrogen-bond donors (Lipinski definition) is 0. The van der Waals surface area contributed by atoms with Crippen molar-refractivity contribution in [2.75, 3.05) is 0 Å². The zero-order valence-electron chi connectivity index (χ0n) is 42.7. The number of benzene rings is 10. The summed E-state index contributed by atoms with van der Waals surface area (Å²) in [6.07, 6.45) is 3.68. The van der Waals surface area contributed by atoms with Gasteiger partial charge in [-0.2, -0.15) is 5.26 Å². The molecule has 6 heterocycles. The van der Waals surface area contributed by atoms with E-state index >= 15 is 0 Å². The van der Waals surface area contributed by atoms with Gasteiger partial charge in [-0.05, 0) is 122 Å². The number of rotatable bonds is 5. The van der Waals surface area contributed by atoms with Crippen LogP contribution >= 0.6 is 0 Å². The van der Waals surface area contributed by atoms with Crippen LogP contribution in [0.15, 0.2) is 211 Å². The minimum Gasteiger partial charge on any atom is -0.456 e. The molecule has 7 heteroatoms. The standard InChI is InChI=1S/C70H46N6O/c1-40-21-26-49-45-13-5-9-17-56(45)73(60(49)33-40)67-54(38-71)68(74-57-18-10-6-14-46(57)50-27-22-41(2)34-61(50)74)70(76-59-20-12-8-16-48(59)52-29-24-43(4)36-63(52)76)66(44-25-30-53-55-39-72-32-31-64(55)77-65(53)37-44)69(67)75-58-19-11-7-15-47(58)51-28-23-42(3)35-62(51)75/h5-37,39H,1-4H3. The minimum absolute atomic E-state index is 0.528. The van der Waals surface area contributed by atoms with E-state index in [1.54, 1.807) is 6.20 Å². The average Bonchev–Trinajstić information content (AvgIpc) is 4.46. The molecule has 16 aromatic rings. The first kappa shape index (κ1) is 43.3. The lowest BCUT2D eigenvalue weighted by Gasteiger charge is -2.29. The highest BCUT2D eigenvalue weighted by Gasteiger charge is 2.35. The van der Waals surface area contributed by atoms with E-state index in [2.05, 4.69) is 245 Å². The van der Waals surface area contributed by atoms with Crippen molar-refractivity contribution < 1.29 is 4.42 Å². The molecule has 7 nitrogen and oxygen atoms in total. The smallest absolute Gasteiger partial charge is 0.138 e. The second-order valence-electron chi connectivity index (χ2n) is 20.9. The summed E-state index contributed by atoms with van der Waals surface area (Å²) in [7, 11) is 0. The molecule has 0 amide bonds. The molecule has 0 spiro atoms. The van der Waals surface area contributed by atoms with Crippen LogP contribution in [0.2, 0.25) is 0 Å². The van der Waals surface area contributed by atoms with Crippen LogP contribution in [-0.4, -0.2) is 23.3 Å². The summed E-state index contributed by atoms with van der Waals surface area (Å²) < 4.78 is 16.6. The van der Waals surface area contributed by atoms with Gasteiger partial charge in [0.05, 0.1) is 66.9 Å². The predicted molar refractivity (Wildman–Crippen MR) is 318 cm³/mol. The molecule has 0 aliphatic heterocycles. The van der Waals surface area contributed by atoms with Gasteiger partial charge in [-0.15, -0.1) is 0 Å². The topological polar surface area (TPSA) is 69.5 Å². The lowest BCUT2D eigenvalue weighted by molar-refractivity contribution is 0.668. The molecule has 77 heavy (non-hydrogen) atoms. The zero-order valence-corrected chi connectivity index (χ0v) is 42.7. The Labute approximate surface area is 441 Å². The number of nitriles is 1. The van der Waals surface area contributed by atoms with E-state index in [0.717, 1.165) is 165 Å². The Balaban J connectivity index is 1.28. The number of para-hydroxylation sites is 4. The van der Waals surface area contributed by atoms with Gasteiger partial charge >= 0.3 is 0 Å². The average molecular weight is 987 g/mol. The Bertz CT molecular complexity index is 5030. The fourth-order valence-corrected chi connectivity index (χ4v) is 13.0. The summed E-state index contributed by atoms with van der Waals surface area (Å²) in [5.41, 5.74) is 19.8. The first-order chi connectivity index (χ1) is 37.8. The third-order valence-electron chi connectivity index (χ3n) is 16.3. The van der Waals surface area contributed by atoms with E-state index in [4.69, 9.17) is 4.42 Å². The van der Waals surface area contributed by atoms with Crippen LogP contribution in [0.25, 0.3) is 143 Å². The van der Waals surface area contributed by atoms with Crippen LogP contribution in [0.1, 0.15) is 27.8 Å². The SMILES string of the molecule is Cc1ccc2c3ccccc3n(-c3c(C#N)c(-n4c5ccccc5c5ccc(C)cc54)c(-n4c5ccccc5c5ccc(C)cc54)c(-c4ccc5c(c4)oc4ccncc45)c3-n3c4ccccc4c4ccc(C)cc43)c2c1. The molecule has 0 atom stereocenters. The van der Waals surface area contributed by atoms with E-state index in [1.165, 1.54) is 0 Å². The van der Waals surface area contributed by atoms with Crippen LogP contribution in [0.5, 0.6) is 0 Å². The molecule has 362 valence electrons. The van der Waals surface area contributed by atoms with E-state index in [1.807, 2.05) is 12.3 Å². The number of aryl methyl sites for hydroxylation is 4. The summed E-state index contributed by atoms with van der Waals surface area (Å²) in [6, 6.07) is 73.6. The molecule has 0 aliphatic rings. The molecule has 0 saturated heterocycles. The predicted octanol–water partition coefficient (Wildman–Crippen LogP) is 18.1. The fraction of sp³-hybridized carbons (Fsp3) is 0.0571. The zero-order chi connectivity index (χ0) is 51.4. The van der Waals surface area contributed by atoms with Gasteiger partial charge in [-0.25, -0.2) is 0 Å². The third-order valence-corrected chi connectivity index (χ3v) is 16.3. The van der Waals surface area contributed by atoms with Crippen molar-refractivity contribution in [3.8, 4) is 39.9 Å². The first-order valence-electron chi connectivity index (χ1n) is 26.2. The molecule has 0 N–H and O–H groups in total. The lowest BCUT2D eigenvalue weighted by Crippen LogP contribution is -2.16. The molecule has 0 radical (unpaired) electrons. The summed E-state index contributed by atoms with van der Waals surface area (Å²) in [5.74, 6) is 0. The maximum atomic E-state index is 12.9. The van der Waals surface area contributed by atoms with Gasteiger partial charge in [0.15, 0.2) is 0 Å². The highest BCUT2D eigenvalue weighted by atomic mass is 16.3. The van der Waals surface area contributed by atoms with E-state index in [-0.39, 0.29) is 0 Å². The molecule has 16 rings (SSSR count). The van der Waals surface area contributed by atoms with E-state index in [0.29, 0.717) is 5.56 Å². The highest BCUT2D eigenvalue weighted by molar-refractivity contribution is 6.18. The monoisotopic (exact) mass is 986 g/mol. The normalized spacial score (nSPS) is 12.1. The van der Waals surface area contributed by atoms with Crippen LogP contribution in [0.3, 0.4) is 0 Å². The van der Waals surface area contributed by atoms with Gasteiger partial charge in [0, 0.05) is 71.8 Å². The molecule has 0 fully saturated rings. The molecular formula is C70H46N6O. The highest BCUT2D eigenvalue weighted by Crippen LogP contribution is 2.52. The Kier molecular flexibility index (Phi) is 8.95. The van der Waals surface area contributed by atoms with Crippen molar-refractivity contribution in [2.45, 2.75) is 27.7 Å². The summed E-state index contributed by atoms with van der Waals surface area (Å²) in [5, 5.41) is 23.8. The van der Waals surface area contributed by atoms with Crippen molar-refractivity contribution in [1.82, 2.24) is 23.3 Å². The molecule has 6 aromatic heterocycles. The lowest BCUT2D eigenvalue weighted by atomic mass is 9.92. The largest absolute Gasteiger partial charge is 0.456 e. The Morgan fingerprint density at radius 2 is 0.714 bits per heavy atom. The summed E-state index contributed by atoms with van der Waals surface area (Å²) in [6.45, 7) is 8.66. The van der Waals surface area contributed by atoms with Crippen LogP contribution in [-0.2, 0) is 0 Å². The Morgan fingerprint density at radius 3 is 1.12 bits per heavy atom. The number of nitrogens with zero attached hydrogens (tertiary/aromatic N) is 6. The second-order valence-corrected chi connectivity index (χ2v) is 20.9. The fourth-order valence-electron chi connectivity index (χ4n) is 13.0. The van der Waals surface area contributed by atoms with Gasteiger partial charge < -0.3 is 22.7 Å². The molecular weight excluding hydrogens is 941 g/mol. The van der Waals surface area contributed by atoms with Crippen molar-refractivity contribution in [3.05, 3.63) is 234 Å². The van der Waals surface area contributed by atoms with Crippen molar-refractivity contribution >= 4 is 109 Å². The number of aromatic nitrogens is 5. The van der Waals surface area contributed by atoms with E-state index < -0.39 is 0 Å². The van der Waals surface area contributed by atoms with Gasteiger partial charge in [0.25, 0.3) is 0 Å². The number of pyridine rings is 1. The summed E-state index contributed by atoms with van der Waals surface area (Å²) in [4.78, 5) is 4.55. The maximum absolute atomic E-state index is 12.9. The molecule has 0 unspecified atom stereocenters. The van der Waals surface area contributed by atoms with Gasteiger partial charge in [-0.1, -0.05) is 127 Å². The molecule has 10 aromatic carbocycles. The first-order valence-corrected chi connectivity index (χ1v) is 26.2. The number of hydrogen-bond acceptors (Lipinski definition) is 3. The Morgan fingerprint density at radius 1 is 0.351 bits per heavy atom. The quantitative estimate of drug-likeness (QED) is 0.172. The van der Waals surface area contributed by atoms with Crippen molar-refractivity contribution in [1.29, 1.82) is 5.26 Å². The Hall–Kier alpha value is -10.2. The van der Waals surface area contributed by atoms with Gasteiger partial charge in [-0.3, -0.25) is 4.98 Å². The van der Waals surface area contributed by atoms with Gasteiger partial charge in [0.2, 0.25) is 0 Å². The van der Waals surface area contributed by atoms with Crippen LogP contribution in [0, 0.1) is 39.0 Å². The van der Waals surface area contributed by atoms with Crippen LogP contribution < -0.4 is 0 Å². The van der Waals surface area contributed by atoms with Gasteiger partial charge in [0.1, 0.15) is 22.8 Å². The third kappa shape index (κ3) is 5.98.